The van der Waals surface area contributed by atoms with Gasteiger partial charge in [0.05, 0.1) is 13.2 Å². The van der Waals surface area contributed by atoms with Crippen LogP contribution >= 0.6 is 0 Å². The van der Waals surface area contributed by atoms with Gasteiger partial charge in [0, 0.05) is 39.3 Å². The number of hydrogen-bond donors (Lipinski definition) is 2. The number of halogens is 2. The number of ether oxygens (including phenoxy) is 1. The molecule has 0 saturated carbocycles. The van der Waals surface area contributed by atoms with E-state index in [2.05, 4.69) is 19.9 Å². The lowest BCUT2D eigenvalue weighted by molar-refractivity contribution is -0.122. The average Bonchev–Trinajstić information content (AvgIpc) is 2.58. The zero-order valence-electron chi connectivity index (χ0n) is 14.2. The summed E-state index contributed by atoms with van der Waals surface area (Å²) in [5.41, 5.74) is 0.944. The van der Waals surface area contributed by atoms with Crippen molar-refractivity contribution < 1.29 is 23.4 Å². The number of hydrogen-bond acceptors (Lipinski definition) is 5. The maximum absolute atomic E-state index is 12.1. The van der Waals surface area contributed by atoms with E-state index in [9.17, 15) is 13.6 Å². The fourth-order valence-electron chi connectivity index (χ4n) is 2.76. The Morgan fingerprint density at radius 3 is 2.40 bits per heavy atom. The highest BCUT2D eigenvalue weighted by Crippen LogP contribution is 2.14. The van der Waals surface area contributed by atoms with Crippen LogP contribution in [0.4, 0.5) is 8.78 Å². The number of alkyl halides is 2. The van der Waals surface area contributed by atoms with Crippen molar-refractivity contribution in [2.24, 2.45) is 0 Å². The highest BCUT2D eigenvalue weighted by molar-refractivity contribution is 5.78. The normalized spacial score (nSPS) is 16.2. The fourth-order valence-corrected chi connectivity index (χ4v) is 2.76. The van der Waals surface area contributed by atoms with Crippen LogP contribution in [0.3, 0.4) is 0 Å². The molecule has 0 spiro atoms. The van der Waals surface area contributed by atoms with Crippen LogP contribution in [0.15, 0.2) is 24.3 Å². The van der Waals surface area contributed by atoms with Crippen LogP contribution in [0.2, 0.25) is 0 Å². The van der Waals surface area contributed by atoms with Gasteiger partial charge in [-0.25, -0.2) is 0 Å². The molecule has 1 aromatic rings. The molecule has 8 heteroatoms. The first-order chi connectivity index (χ1) is 12.1. The third-order valence-corrected chi connectivity index (χ3v) is 4.13. The Balaban J connectivity index is 1.62. The van der Waals surface area contributed by atoms with Crippen molar-refractivity contribution in [2.45, 2.75) is 13.0 Å². The van der Waals surface area contributed by atoms with Gasteiger partial charge in [0.15, 0.2) is 0 Å². The summed E-state index contributed by atoms with van der Waals surface area (Å²) in [6, 6.07) is 6.42. The minimum absolute atomic E-state index is 0.0201. The van der Waals surface area contributed by atoms with Crippen molar-refractivity contribution in [1.29, 1.82) is 0 Å². The van der Waals surface area contributed by atoms with Crippen LogP contribution in [0.5, 0.6) is 5.75 Å². The molecule has 2 N–H and O–H groups in total. The Hall–Kier alpha value is -1.77. The van der Waals surface area contributed by atoms with Crippen molar-refractivity contribution in [3.05, 3.63) is 29.8 Å². The van der Waals surface area contributed by atoms with Gasteiger partial charge in [-0.2, -0.15) is 8.78 Å². The van der Waals surface area contributed by atoms with Crippen molar-refractivity contribution in [1.82, 2.24) is 15.1 Å². The first kappa shape index (κ1) is 19.6. The Bertz CT molecular complexity index is 520. The molecule has 2 rings (SSSR count). The van der Waals surface area contributed by atoms with Gasteiger partial charge in [0.25, 0.3) is 0 Å². The molecule has 0 radical (unpaired) electrons. The van der Waals surface area contributed by atoms with E-state index in [0.717, 1.165) is 31.7 Å². The second kappa shape index (κ2) is 10.3. The number of carbonyl (C=O) groups is 1. The summed E-state index contributed by atoms with van der Waals surface area (Å²) in [5, 5.41) is 11.8. The molecule has 0 aromatic heterocycles. The first-order valence-electron chi connectivity index (χ1n) is 8.43. The summed E-state index contributed by atoms with van der Waals surface area (Å²) >= 11 is 0. The minimum atomic E-state index is -2.82. The van der Waals surface area contributed by atoms with E-state index in [4.69, 9.17) is 5.11 Å². The number of β-amino-alcohol motifs (C(OH)–C–C–N with tert-alkyl or cyclic N) is 1. The molecular weight excluding hydrogens is 332 g/mol. The number of nitrogens with one attached hydrogen (secondary N) is 1. The minimum Gasteiger partial charge on any atom is -0.435 e. The summed E-state index contributed by atoms with van der Waals surface area (Å²) in [4.78, 5) is 16.2. The lowest BCUT2D eigenvalue weighted by atomic mass is 10.1. The van der Waals surface area contributed by atoms with Crippen LogP contribution in [0.1, 0.15) is 5.56 Å². The van der Waals surface area contributed by atoms with E-state index in [1.807, 2.05) is 0 Å². The maximum atomic E-state index is 12.1. The molecule has 25 heavy (non-hydrogen) atoms. The lowest BCUT2D eigenvalue weighted by Crippen LogP contribution is -2.50. The summed E-state index contributed by atoms with van der Waals surface area (Å²) in [7, 11) is 0. The SMILES string of the molecule is O=C(CN1CCN(CCO)CC1)NCCc1ccc(OC(F)F)cc1. The molecular formula is C17H25F2N3O3. The summed E-state index contributed by atoms with van der Waals surface area (Å²) in [6.07, 6.45) is 0.630. The highest BCUT2D eigenvalue weighted by atomic mass is 19.3. The molecule has 1 aliphatic heterocycles. The van der Waals surface area contributed by atoms with Crippen LogP contribution < -0.4 is 10.1 Å². The molecule has 1 amide bonds. The molecule has 1 aromatic carbocycles. The van der Waals surface area contributed by atoms with Crippen LogP contribution in [-0.4, -0.2) is 79.8 Å². The fraction of sp³-hybridized carbons (Fsp3) is 0.588. The Morgan fingerprint density at radius 1 is 1.16 bits per heavy atom. The van der Waals surface area contributed by atoms with Crippen molar-refractivity contribution >= 4 is 5.91 Å². The lowest BCUT2D eigenvalue weighted by Gasteiger charge is -2.33. The molecule has 0 unspecified atom stereocenters. The Kier molecular flexibility index (Phi) is 8.03. The number of nitrogens with zero attached hydrogens (tertiary/aromatic N) is 2. The second-order valence-electron chi connectivity index (χ2n) is 5.96. The predicted octanol–water partition coefficient (Wildman–Crippen LogP) is 0.557. The molecule has 0 aliphatic carbocycles. The van der Waals surface area contributed by atoms with Crippen LogP contribution in [0, 0.1) is 0 Å². The Labute approximate surface area is 146 Å². The number of aliphatic hydroxyl groups is 1. The Morgan fingerprint density at radius 2 is 1.80 bits per heavy atom. The summed E-state index contributed by atoms with van der Waals surface area (Å²) < 4.78 is 28.4. The standard InChI is InChI=1S/C17H25F2N3O3/c18-17(19)25-15-3-1-14(2-4-15)5-6-20-16(24)13-22-9-7-21(8-10-22)11-12-23/h1-4,17,23H,5-13H2,(H,20,24). The van der Waals surface area contributed by atoms with E-state index in [0.29, 0.717) is 26.1 Å². The molecule has 140 valence electrons. The number of amides is 1. The van der Waals surface area contributed by atoms with Crippen LogP contribution in [-0.2, 0) is 11.2 Å². The van der Waals surface area contributed by atoms with Gasteiger partial charge in [-0.3, -0.25) is 14.6 Å². The average molecular weight is 357 g/mol. The zero-order chi connectivity index (χ0) is 18.1. The zero-order valence-corrected chi connectivity index (χ0v) is 14.2. The molecule has 6 nitrogen and oxygen atoms in total. The van der Waals surface area contributed by atoms with Gasteiger partial charge < -0.3 is 15.2 Å². The smallest absolute Gasteiger partial charge is 0.387 e. The van der Waals surface area contributed by atoms with E-state index in [-0.39, 0.29) is 18.3 Å². The largest absolute Gasteiger partial charge is 0.435 e. The van der Waals surface area contributed by atoms with Crippen molar-refractivity contribution in [2.75, 3.05) is 52.4 Å². The summed E-state index contributed by atoms with van der Waals surface area (Å²) in [5.74, 6) is 0.108. The number of rotatable bonds is 9. The van der Waals surface area contributed by atoms with E-state index in [1.54, 1.807) is 12.1 Å². The predicted molar refractivity (Wildman–Crippen MR) is 89.8 cm³/mol. The van der Waals surface area contributed by atoms with Crippen LogP contribution in [0.25, 0.3) is 0 Å². The number of aliphatic hydroxyl groups excluding tert-OH is 1. The van der Waals surface area contributed by atoms with Crippen molar-refractivity contribution in [3.8, 4) is 5.75 Å². The molecule has 0 atom stereocenters. The van der Waals surface area contributed by atoms with Gasteiger partial charge in [-0.05, 0) is 24.1 Å². The molecule has 0 bridgehead atoms. The first-order valence-corrected chi connectivity index (χ1v) is 8.43. The van der Waals surface area contributed by atoms with Gasteiger partial charge in [-0.1, -0.05) is 12.1 Å². The van der Waals surface area contributed by atoms with Crippen molar-refractivity contribution in [3.63, 3.8) is 0 Å². The van der Waals surface area contributed by atoms with Gasteiger partial charge in [0.1, 0.15) is 5.75 Å². The van der Waals surface area contributed by atoms with E-state index in [1.165, 1.54) is 12.1 Å². The topological polar surface area (TPSA) is 65.0 Å². The monoisotopic (exact) mass is 357 g/mol. The molecule has 1 fully saturated rings. The maximum Gasteiger partial charge on any atom is 0.387 e. The quantitative estimate of drug-likeness (QED) is 0.676. The van der Waals surface area contributed by atoms with E-state index >= 15 is 0 Å². The third-order valence-electron chi connectivity index (χ3n) is 4.13. The molecule has 1 aliphatic rings. The molecule has 1 heterocycles. The number of benzene rings is 1. The third kappa shape index (κ3) is 7.33. The number of carbonyl (C=O) groups excluding carboxylic acids is 1. The molecule has 1 saturated heterocycles. The summed E-state index contributed by atoms with van der Waals surface area (Å²) in [6.45, 7) is 2.25. The van der Waals surface area contributed by atoms with Gasteiger partial charge >= 0.3 is 6.61 Å². The van der Waals surface area contributed by atoms with Gasteiger partial charge in [0.2, 0.25) is 5.91 Å². The second-order valence-corrected chi connectivity index (χ2v) is 5.96. The number of piperazine rings is 1. The van der Waals surface area contributed by atoms with Gasteiger partial charge in [-0.15, -0.1) is 0 Å². The van der Waals surface area contributed by atoms with E-state index < -0.39 is 6.61 Å². The highest BCUT2D eigenvalue weighted by Gasteiger charge is 2.18.